The Balaban J connectivity index is 1.73. The highest BCUT2D eigenvalue weighted by Crippen LogP contribution is 2.10. The number of hydrogen-bond donors (Lipinski definition) is 0. The van der Waals surface area contributed by atoms with Crippen LogP contribution in [-0.2, 0) is 14.2 Å². The molecule has 0 aromatic heterocycles. The summed E-state index contributed by atoms with van der Waals surface area (Å²) in [6.45, 7) is 0. The molecule has 128 valence electrons. The lowest BCUT2D eigenvalue weighted by atomic mass is 10.3. The quantitative estimate of drug-likeness (QED) is 0.456. The molecule has 0 fully saturated rings. The summed E-state index contributed by atoms with van der Waals surface area (Å²) < 4.78 is 21.3. The molecule has 0 N–H and O–H groups in total. The molecule has 0 aliphatic heterocycles. The molecule has 0 amide bonds. The molecule has 0 saturated carbocycles. The second-order valence-electron chi connectivity index (χ2n) is 4.14. The van der Waals surface area contributed by atoms with E-state index in [0.29, 0.717) is 0 Å². The Labute approximate surface area is 140 Å². The van der Waals surface area contributed by atoms with Crippen LogP contribution >= 0.6 is 0 Å². The first-order valence-electron chi connectivity index (χ1n) is 6.68. The molecule has 2 rings (SSSR count). The third-order valence-corrected chi connectivity index (χ3v) is 2.39. The summed E-state index contributed by atoms with van der Waals surface area (Å²) in [4.78, 5) is 44.9. The van der Waals surface area contributed by atoms with Crippen LogP contribution in [0.15, 0.2) is 60.7 Å². The van der Waals surface area contributed by atoms with Gasteiger partial charge in [0.15, 0.2) is 0 Å². The Morgan fingerprint density at radius 2 is 0.800 bits per heavy atom. The number of benzene rings is 2. The predicted octanol–water partition coefficient (Wildman–Crippen LogP) is 3.67. The van der Waals surface area contributed by atoms with Crippen LogP contribution in [0.1, 0.15) is 0 Å². The molecule has 0 heterocycles. The fourth-order valence-corrected chi connectivity index (χ4v) is 1.46. The number of carbonyl (C=O) groups excluding carboxylic acids is 4. The summed E-state index contributed by atoms with van der Waals surface area (Å²) in [6.07, 6.45) is -6.34. The molecule has 0 atom stereocenters. The van der Waals surface area contributed by atoms with E-state index in [4.69, 9.17) is 0 Å². The fourth-order valence-electron chi connectivity index (χ4n) is 1.46. The Bertz CT molecular complexity index is 690. The molecule has 0 aliphatic carbocycles. The SMILES string of the molecule is O=C(OC(=O)OC(=O)Oc1ccccc1)OC(=O)Oc1ccccc1. The summed E-state index contributed by atoms with van der Waals surface area (Å²) in [5.41, 5.74) is 0. The second kappa shape index (κ2) is 8.67. The van der Waals surface area contributed by atoms with E-state index in [1.165, 1.54) is 24.3 Å². The fraction of sp³-hybridized carbons (Fsp3) is 0. The molecular weight excluding hydrogens is 336 g/mol. The zero-order valence-electron chi connectivity index (χ0n) is 12.4. The second-order valence-corrected chi connectivity index (χ2v) is 4.14. The maximum atomic E-state index is 11.3. The molecule has 0 saturated heterocycles. The number of para-hydroxylation sites is 2. The molecule has 25 heavy (non-hydrogen) atoms. The van der Waals surface area contributed by atoms with Crippen LogP contribution < -0.4 is 9.47 Å². The first-order valence-corrected chi connectivity index (χ1v) is 6.68. The predicted molar refractivity (Wildman–Crippen MR) is 79.0 cm³/mol. The molecule has 0 spiro atoms. The lowest BCUT2D eigenvalue weighted by Crippen LogP contribution is -2.23. The molecule has 0 unspecified atom stereocenters. The van der Waals surface area contributed by atoms with Crippen LogP contribution in [0, 0.1) is 0 Å². The lowest BCUT2D eigenvalue weighted by Gasteiger charge is -2.05. The Morgan fingerprint density at radius 3 is 1.16 bits per heavy atom. The summed E-state index contributed by atoms with van der Waals surface area (Å²) in [5, 5.41) is 0. The molecule has 2 aromatic rings. The first-order chi connectivity index (χ1) is 12.0. The smallest absolute Gasteiger partial charge is 0.395 e. The minimum atomic E-state index is -1.74. The molecule has 2 aromatic carbocycles. The van der Waals surface area contributed by atoms with E-state index in [1.54, 1.807) is 36.4 Å². The van der Waals surface area contributed by atoms with Gasteiger partial charge in [-0.2, -0.15) is 0 Å². The van der Waals surface area contributed by atoms with Gasteiger partial charge >= 0.3 is 24.6 Å². The highest BCUT2D eigenvalue weighted by molar-refractivity contribution is 5.87. The van der Waals surface area contributed by atoms with Crippen molar-refractivity contribution < 1.29 is 42.9 Å². The van der Waals surface area contributed by atoms with Gasteiger partial charge < -0.3 is 23.7 Å². The van der Waals surface area contributed by atoms with Gasteiger partial charge in [0.05, 0.1) is 0 Å². The normalized spacial score (nSPS) is 9.44. The Hall–Kier alpha value is -3.88. The summed E-state index contributed by atoms with van der Waals surface area (Å²) in [5.74, 6) is 0.212. The van der Waals surface area contributed by atoms with Gasteiger partial charge in [-0.1, -0.05) is 36.4 Å². The first kappa shape index (κ1) is 17.5. The van der Waals surface area contributed by atoms with Gasteiger partial charge in [0.1, 0.15) is 11.5 Å². The van der Waals surface area contributed by atoms with Crippen molar-refractivity contribution in [1.82, 2.24) is 0 Å². The van der Waals surface area contributed by atoms with E-state index >= 15 is 0 Å². The highest BCUT2D eigenvalue weighted by Gasteiger charge is 2.22. The maximum Gasteiger partial charge on any atom is 0.528 e. The van der Waals surface area contributed by atoms with Gasteiger partial charge in [-0.15, -0.1) is 0 Å². The van der Waals surface area contributed by atoms with Crippen LogP contribution in [0.2, 0.25) is 0 Å². The van der Waals surface area contributed by atoms with E-state index in [-0.39, 0.29) is 11.5 Å². The molecular formula is C16H10O9. The van der Waals surface area contributed by atoms with E-state index < -0.39 is 24.6 Å². The van der Waals surface area contributed by atoms with Gasteiger partial charge in [-0.3, -0.25) is 0 Å². The topological polar surface area (TPSA) is 114 Å². The Kier molecular flexibility index (Phi) is 6.06. The van der Waals surface area contributed by atoms with Crippen molar-refractivity contribution in [3.63, 3.8) is 0 Å². The van der Waals surface area contributed by atoms with Crippen LogP contribution in [0.3, 0.4) is 0 Å². The van der Waals surface area contributed by atoms with Crippen molar-refractivity contribution in [3.05, 3.63) is 60.7 Å². The van der Waals surface area contributed by atoms with Crippen molar-refractivity contribution in [2.24, 2.45) is 0 Å². The molecule has 0 aliphatic rings. The average Bonchev–Trinajstić information content (AvgIpc) is 2.55. The van der Waals surface area contributed by atoms with Crippen molar-refractivity contribution in [1.29, 1.82) is 0 Å². The molecule has 9 heteroatoms. The van der Waals surface area contributed by atoms with Crippen LogP contribution in [0.4, 0.5) is 19.2 Å². The van der Waals surface area contributed by atoms with Gasteiger partial charge in [0, 0.05) is 0 Å². The highest BCUT2D eigenvalue weighted by atomic mass is 16.9. The third-order valence-electron chi connectivity index (χ3n) is 2.39. The van der Waals surface area contributed by atoms with Crippen LogP contribution in [-0.4, -0.2) is 24.6 Å². The average molecular weight is 346 g/mol. The summed E-state index contributed by atoms with van der Waals surface area (Å²) >= 11 is 0. The minimum Gasteiger partial charge on any atom is -0.395 e. The van der Waals surface area contributed by atoms with Crippen molar-refractivity contribution in [3.8, 4) is 11.5 Å². The van der Waals surface area contributed by atoms with E-state index in [1.807, 2.05) is 0 Å². The van der Waals surface area contributed by atoms with E-state index in [9.17, 15) is 19.2 Å². The molecule has 0 radical (unpaired) electrons. The number of ether oxygens (including phenoxy) is 5. The maximum absolute atomic E-state index is 11.3. The van der Waals surface area contributed by atoms with Crippen LogP contribution in [0.25, 0.3) is 0 Å². The third kappa shape index (κ3) is 6.40. The zero-order valence-corrected chi connectivity index (χ0v) is 12.4. The monoisotopic (exact) mass is 346 g/mol. The van der Waals surface area contributed by atoms with Crippen LogP contribution in [0.5, 0.6) is 11.5 Å². The van der Waals surface area contributed by atoms with Gasteiger partial charge in [0.2, 0.25) is 0 Å². The number of rotatable bonds is 2. The number of carbonyl (C=O) groups is 4. The lowest BCUT2D eigenvalue weighted by molar-refractivity contribution is 0.0448. The van der Waals surface area contributed by atoms with E-state index in [2.05, 4.69) is 23.7 Å². The zero-order chi connectivity index (χ0) is 18.1. The Morgan fingerprint density at radius 1 is 0.480 bits per heavy atom. The minimum absolute atomic E-state index is 0.106. The van der Waals surface area contributed by atoms with Gasteiger partial charge in [0.25, 0.3) is 0 Å². The summed E-state index contributed by atoms with van der Waals surface area (Å²) in [7, 11) is 0. The van der Waals surface area contributed by atoms with Crippen molar-refractivity contribution in [2.45, 2.75) is 0 Å². The van der Waals surface area contributed by atoms with Gasteiger partial charge in [-0.25, -0.2) is 19.2 Å². The van der Waals surface area contributed by atoms with Crippen molar-refractivity contribution >= 4 is 24.6 Å². The standard InChI is InChI=1S/C16H10O9/c17-13(21-11-7-3-1-4-8-11)23-15(19)25-16(20)24-14(18)22-12-9-5-2-6-10-12/h1-10H. The summed E-state index contributed by atoms with van der Waals surface area (Å²) in [6, 6.07) is 15.4. The number of hydrogen-bond acceptors (Lipinski definition) is 9. The van der Waals surface area contributed by atoms with E-state index in [0.717, 1.165) is 0 Å². The molecule has 9 nitrogen and oxygen atoms in total. The molecule has 0 bridgehead atoms. The van der Waals surface area contributed by atoms with Gasteiger partial charge in [-0.05, 0) is 24.3 Å². The largest absolute Gasteiger partial charge is 0.528 e. The van der Waals surface area contributed by atoms with Crippen molar-refractivity contribution in [2.75, 3.05) is 0 Å².